The first kappa shape index (κ1) is 16.0. The summed E-state index contributed by atoms with van der Waals surface area (Å²) >= 11 is 3.73. The molecular formula is C14H26N2S2. The van der Waals surface area contributed by atoms with E-state index in [1.807, 2.05) is 11.8 Å². The van der Waals surface area contributed by atoms with Gasteiger partial charge >= 0.3 is 0 Å². The number of hydrogen-bond donors (Lipinski definition) is 1. The summed E-state index contributed by atoms with van der Waals surface area (Å²) in [6, 6.07) is 0.935. The van der Waals surface area contributed by atoms with Crippen molar-refractivity contribution in [1.29, 1.82) is 0 Å². The third-order valence-corrected chi connectivity index (χ3v) is 4.48. The van der Waals surface area contributed by atoms with Crippen LogP contribution in [0.15, 0.2) is 5.38 Å². The third kappa shape index (κ3) is 5.29. The molecule has 0 aromatic carbocycles. The monoisotopic (exact) mass is 286 g/mol. The Morgan fingerprint density at radius 3 is 2.56 bits per heavy atom. The Morgan fingerprint density at radius 2 is 2.06 bits per heavy atom. The Balaban J connectivity index is 2.67. The van der Waals surface area contributed by atoms with Crippen LogP contribution in [-0.4, -0.2) is 23.0 Å². The molecule has 4 heteroatoms. The van der Waals surface area contributed by atoms with E-state index in [9.17, 15) is 0 Å². The van der Waals surface area contributed by atoms with Gasteiger partial charge in [-0.1, -0.05) is 27.7 Å². The summed E-state index contributed by atoms with van der Waals surface area (Å²) in [4.78, 5) is 4.79. The van der Waals surface area contributed by atoms with Crippen molar-refractivity contribution in [3.05, 3.63) is 16.1 Å². The van der Waals surface area contributed by atoms with Crippen LogP contribution < -0.4 is 5.32 Å². The van der Waals surface area contributed by atoms with Crippen molar-refractivity contribution in [3.63, 3.8) is 0 Å². The summed E-state index contributed by atoms with van der Waals surface area (Å²) in [7, 11) is 0. The predicted octanol–water partition coefficient (Wildman–Crippen LogP) is 4.45. The minimum absolute atomic E-state index is 0.426. The molecule has 1 aromatic rings. The zero-order chi connectivity index (χ0) is 13.5. The van der Waals surface area contributed by atoms with Crippen molar-refractivity contribution in [2.45, 2.75) is 58.5 Å². The summed E-state index contributed by atoms with van der Waals surface area (Å²) in [6.45, 7) is 8.83. The van der Waals surface area contributed by atoms with Crippen molar-refractivity contribution in [2.75, 3.05) is 12.0 Å². The van der Waals surface area contributed by atoms with E-state index in [4.69, 9.17) is 4.98 Å². The minimum atomic E-state index is 0.426. The molecule has 1 rings (SSSR count). The molecule has 1 atom stereocenters. The maximum absolute atomic E-state index is 4.79. The molecular weight excluding hydrogens is 260 g/mol. The fourth-order valence-electron chi connectivity index (χ4n) is 1.84. The normalized spacial score (nSPS) is 13.5. The SMILES string of the molecule is CSCCCC(NC(C)C)c1nc(C(C)C)cs1. The zero-order valence-corrected chi connectivity index (χ0v) is 13.8. The largest absolute Gasteiger partial charge is 0.306 e. The molecule has 1 N–H and O–H groups in total. The van der Waals surface area contributed by atoms with Crippen molar-refractivity contribution in [3.8, 4) is 0 Å². The van der Waals surface area contributed by atoms with E-state index in [0.717, 1.165) is 0 Å². The van der Waals surface area contributed by atoms with Gasteiger partial charge in [-0.25, -0.2) is 4.98 Å². The van der Waals surface area contributed by atoms with Crippen LogP contribution in [0.5, 0.6) is 0 Å². The van der Waals surface area contributed by atoms with Gasteiger partial charge < -0.3 is 5.32 Å². The lowest BCUT2D eigenvalue weighted by atomic mass is 10.1. The van der Waals surface area contributed by atoms with Crippen LogP contribution in [0.3, 0.4) is 0 Å². The van der Waals surface area contributed by atoms with Crippen LogP contribution in [0.1, 0.15) is 63.2 Å². The Hall–Kier alpha value is -0.0600. The standard InChI is InChI=1S/C14H26N2S2/c1-10(2)13-9-18-14(16-13)12(15-11(3)4)7-6-8-17-5/h9-12,15H,6-8H2,1-5H3. The van der Waals surface area contributed by atoms with Crippen LogP contribution in [0, 0.1) is 0 Å². The number of aromatic nitrogens is 1. The quantitative estimate of drug-likeness (QED) is 0.715. The van der Waals surface area contributed by atoms with E-state index in [1.165, 1.54) is 29.3 Å². The molecule has 18 heavy (non-hydrogen) atoms. The number of thioether (sulfide) groups is 1. The molecule has 104 valence electrons. The third-order valence-electron chi connectivity index (χ3n) is 2.81. The van der Waals surface area contributed by atoms with E-state index in [1.54, 1.807) is 11.3 Å². The highest BCUT2D eigenvalue weighted by atomic mass is 32.2. The molecule has 0 radical (unpaired) electrons. The highest BCUT2D eigenvalue weighted by molar-refractivity contribution is 7.98. The summed E-state index contributed by atoms with van der Waals surface area (Å²) in [5.74, 6) is 1.76. The smallest absolute Gasteiger partial charge is 0.110 e. The highest BCUT2D eigenvalue weighted by Gasteiger charge is 2.16. The number of hydrogen-bond acceptors (Lipinski definition) is 4. The van der Waals surface area contributed by atoms with Crippen LogP contribution in [-0.2, 0) is 0 Å². The maximum Gasteiger partial charge on any atom is 0.110 e. The lowest BCUT2D eigenvalue weighted by Gasteiger charge is -2.19. The summed E-state index contributed by atoms with van der Waals surface area (Å²) in [6.07, 6.45) is 4.61. The molecule has 0 saturated heterocycles. The average molecular weight is 287 g/mol. The van der Waals surface area contributed by atoms with Crippen molar-refractivity contribution in [1.82, 2.24) is 10.3 Å². The average Bonchev–Trinajstić information content (AvgIpc) is 2.76. The van der Waals surface area contributed by atoms with E-state index in [0.29, 0.717) is 18.0 Å². The van der Waals surface area contributed by atoms with Gasteiger partial charge in [-0.15, -0.1) is 11.3 Å². The molecule has 0 fully saturated rings. The summed E-state index contributed by atoms with van der Waals surface area (Å²) in [5.41, 5.74) is 1.23. The predicted molar refractivity (Wildman–Crippen MR) is 84.8 cm³/mol. The molecule has 0 aliphatic carbocycles. The van der Waals surface area contributed by atoms with E-state index in [2.05, 4.69) is 44.6 Å². The summed E-state index contributed by atoms with van der Waals surface area (Å²) < 4.78 is 0. The number of thiazole rings is 1. The Labute approximate surface area is 120 Å². The summed E-state index contributed by atoms with van der Waals surface area (Å²) in [5, 5.41) is 7.12. The van der Waals surface area contributed by atoms with E-state index >= 15 is 0 Å². The molecule has 1 aromatic heterocycles. The van der Waals surface area contributed by atoms with Crippen molar-refractivity contribution >= 4 is 23.1 Å². The van der Waals surface area contributed by atoms with Gasteiger partial charge in [0.2, 0.25) is 0 Å². The van der Waals surface area contributed by atoms with Gasteiger partial charge in [0.05, 0.1) is 11.7 Å². The number of rotatable bonds is 8. The van der Waals surface area contributed by atoms with E-state index in [-0.39, 0.29) is 0 Å². The van der Waals surface area contributed by atoms with Gasteiger partial charge in [-0.2, -0.15) is 11.8 Å². The van der Waals surface area contributed by atoms with Crippen molar-refractivity contribution < 1.29 is 0 Å². The second-order valence-corrected chi connectivity index (χ2v) is 7.15. The molecule has 0 saturated carbocycles. The molecule has 1 unspecified atom stereocenters. The van der Waals surface area contributed by atoms with Crippen LogP contribution in [0.2, 0.25) is 0 Å². The number of nitrogens with one attached hydrogen (secondary N) is 1. The Morgan fingerprint density at radius 1 is 1.33 bits per heavy atom. The highest BCUT2D eigenvalue weighted by Crippen LogP contribution is 2.26. The molecule has 1 heterocycles. The van der Waals surface area contributed by atoms with Crippen molar-refractivity contribution in [2.24, 2.45) is 0 Å². The van der Waals surface area contributed by atoms with Crippen LogP contribution >= 0.6 is 23.1 Å². The van der Waals surface area contributed by atoms with Gasteiger partial charge in [0.25, 0.3) is 0 Å². The molecule has 0 amide bonds. The van der Waals surface area contributed by atoms with Gasteiger partial charge in [0.15, 0.2) is 0 Å². The maximum atomic E-state index is 4.79. The first-order valence-electron chi connectivity index (χ1n) is 6.74. The van der Waals surface area contributed by atoms with Gasteiger partial charge in [-0.05, 0) is 30.8 Å². The second-order valence-electron chi connectivity index (χ2n) is 5.27. The first-order valence-corrected chi connectivity index (χ1v) is 9.02. The fourth-order valence-corrected chi connectivity index (χ4v) is 3.37. The minimum Gasteiger partial charge on any atom is -0.306 e. The number of nitrogens with zero attached hydrogens (tertiary/aromatic N) is 1. The first-order chi connectivity index (χ1) is 8.54. The fraction of sp³-hybridized carbons (Fsp3) is 0.786. The Kier molecular flexibility index (Phi) is 7.27. The molecule has 0 aliphatic heterocycles. The zero-order valence-electron chi connectivity index (χ0n) is 12.2. The van der Waals surface area contributed by atoms with Gasteiger partial charge in [0.1, 0.15) is 5.01 Å². The van der Waals surface area contributed by atoms with Crippen LogP contribution in [0.25, 0.3) is 0 Å². The van der Waals surface area contributed by atoms with E-state index < -0.39 is 0 Å². The van der Waals surface area contributed by atoms with Crippen LogP contribution in [0.4, 0.5) is 0 Å². The van der Waals surface area contributed by atoms with Gasteiger partial charge in [0, 0.05) is 11.4 Å². The topological polar surface area (TPSA) is 24.9 Å². The molecule has 0 bridgehead atoms. The molecule has 0 aliphatic rings. The lowest BCUT2D eigenvalue weighted by molar-refractivity contribution is 0.447. The van der Waals surface area contributed by atoms with Gasteiger partial charge in [-0.3, -0.25) is 0 Å². The molecule has 0 spiro atoms. The molecule has 2 nitrogen and oxygen atoms in total. The Bertz CT molecular complexity index is 334. The second kappa shape index (κ2) is 8.18. The lowest BCUT2D eigenvalue weighted by Crippen LogP contribution is -2.28.